The second-order valence-electron chi connectivity index (χ2n) is 7.73. The molecule has 10 heteroatoms. The Balaban J connectivity index is 1.37. The number of amides is 2. The van der Waals surface area contributed by atoms with E-state index in [4.69, 9.17) is 4.74 Å². The molecule has 2 N–H and O–H groups in total. The van der Waals surface area contributed by atoms with Crippen molar-refractivity contribution in [2.24, 2.45) is 0 Å². The molecule has 3 aromatic rings. The van der Waals surface area contributed by atoms with E-state index in [2.05, 4.69) is 51.7 Å². The molecule has 0 bridgehead atoms. The molecule has 1 aliphatic heterocycles. The van der Waals surface area contributed by atoms with Crippen LogP contribution in [0.4, 0.5) is 5.13 Å². The first-order valence-electron chi connectivity index (χ1n) is 10.4. The highest BCUT2D eigenvalue weighted by atomic mass is 32.1. The highest BCUT2D eigenvalue weighted by Gasteiger charge is 2.21. The second kappa shape index (κ2) is 9.76. The van der Waals surface area contributed by atoms with Crippen LogP contribution in [0.25, 0.3) is 10.6 Å². The standard InChI is InChI=1S/C22H25N5O3S2/c1-13(2)15-4-6-16(7-5-15)21-24-17(12-31-21)19(28)25-26-20(29)18-14(3)23-22(32-18)27-8-10-30-11-9-27/h4-7,12-13H,8-11H2,1-3H3,(H,25,28)(H,26,29). The van der Waals surface area contributed by atoms with Crippen LogP contribution in [0.1, 0.15) is 51.2 Å². The SMILES string of the molecule is Cc1nc(N2CCOCC2)sc1C(=O)NNC(=O)c1csc(-c2ccc(C(C)C)cc2)n1. The number of carbonyl (C=O) groups excluding carboxylic acids is 2. The van der Waals surface area contributed by atoms with Crippen LogP contribution in [-0.4, -0.2) is 48.1 Å². The van der Waals surface area contributed by atoms with Gasteiger partial charge in [0.05, 0.1) is 18.9 Å². The number of ether oxygens (including phenoxy) is 1. The van der Waals surface area contributed by atoms with E-state index in [1.165, 1.54) is 28.2 Å². The van der Waals surface area contributed by atoms with Gasteiger partial charge in [-0.2, -0.15) is 0 Å². The summed E-state index contributed by atoms with van der Waals surface area (Å²) < 4.78 is 5.36. The highest BCUT2D eigenvalue weighted by Crippen LogP contribution is 2.27. The molecule has 3 heterocycles. The van der Waals surface area contributed by atoms with Crippen LogP contribution in [-0.2, 0) is 4.74 Å². The molecule has 0 atom stereocenters. The van der Waals surface area contributed by atoms with Crippen LogP contribution in [0, 0.1) is 6.92 Å². The van der Waals surface area contributed by atoms with Crippen LogP contribution in [0.2, 0.25) is 0 Å². The number of carbonyl (C=O) groups is 2. The number of aromatic nitrogens is 2. The zero-order valence-corrected chi connectivity index (χ0v) is 19.8. The largest absolute Gasteiger partial charge is 0.378 e. The molecule has 0 saturated carbocycles. The van der Waals surface area contributed by atoms with E-state index in [0.717, 1.165) is 28.8 Å². The van der Waals surface area contributed by atoms with E-state index in [-0.39, 0.29) is 5.69 Å². The van der Waals surface area contributed by atoms with Crippen molar-refractivity contribution in [2.45, 2.75) is 26.7 Å². The number of morpholine rings is 1. The summed E-state index contributed by atoms with van der Waals surface area (Å²) in [4.78, 5) is 36.6. The number of hydrogen-bond acceptors (Lipinski definition) is 8. The molecule has 1 aliphatic rings. The number of hydrazine groups is 1. The third kappa shape index (κ3) is 4.98. The number of thiazole rings is 2. The molecular weight excluding hydrogens is 446 g/mol. The predicted molar refractivity (Wildman–Crippen MR) is 126 cm³/mol. The fraction of sp³-hybridized carbons (Fsp3) is 0.364. The van der Waals surface area contributed by atoms with Crippen LogP contribution in [0.15, 0.2) is 29.6 Å². The maximum atomic E-state index is 12.6. The molecule has 1 fully saturated rings. The van der Waals surface area contributed by atoms with E-state index in [0.29, 0.717) is 29.7 Å². The lowest BCUT2D eigenvalue weighted by atomic mass is 10.0. The highest BCUT2D eigenvalue weighted by molar-refractivity contribution is 7.17. The predicted octanol–water partition coefficient (Wildman–Crippen LogP) is 3.61. The molecule has 0 radical (unpaired) electrons. The minimum absolute atomic E-state index is 0.258. The quantitative estimate of drug-likeness (QED) is 0.552. The average Bonchev–Trinajstić information content (AvgIpc) is 3.45. The first-order chi connectivity index (χ1) is 15.4. The topological polar surface area (TPSA) is 96.5 Å². The van der Waals surface area contributed by atoms with Gasteiger partial charge in [-0.05, 0) is 18.4 Å². The molecule has 0 spiro atoms. The maximum Gasteiger partial charge on any atom is 0.289 e. The van der Waals surface area contributed by atoms with Gasteiger partial charge in [0.15, 0.2) is 5.13 Å². The molecule has 8 nitrogen and oxygen atoms in total. The number of rotatable bonds is 5. The summed E-state index contributed by atoms with van der Waals surface area (Å²) in [6.45, 7) is 8.86. The van der Waals surface area contributed by atoms with Gasteiger partial charge in [-0.25, -0.2) is 9.97 Å². The number of aryl methyl sites for hydroxylation is 1. The van der Waals surface area contributed by atoms with Gasteiger partial charge in [-0.15, -0.1) is 11.3 Å². The van der Waals surface area contributed by atoms with Crippen LogP contribution >= 0.6 is 22.7 Å². The lowest BCUT2D eigenvalue weighted by Gasteiger charge is -2.25. The second-order valence-corrected chi connectivity index (χ2v) is 9.57. The van der Waals surface area contributed by atoms with Crippen molar-refractivity contribution < 1.29 is 14.3 Å². The van der Waals surface area contributed by atoms with E-state index >= 15 is 0 Å². The Kier molecular flexibility index (Phi) is 6.83. The summed E-state index contributed by atoms with van der Waals surface area (Å²) in [6.07, 6.45) is 0. The fourth-order valence-electron chi connectivity index (χ4n) is 3.24. The number of benzene rings is 1. The van der Waals surface area contributed by atoms with Crippen molar-refractivity contribution in [1.29, 1.82) is 0 Å². The number of hydrogen-bond donors (Lipinski definition) is 2. The molecule has 1 aromatic carbocycles. The first-order valence-corrected chi connectivity index (χ1v) is 12.1. The van der Waals surface area contributed by atoms with Crippen molar-refractivity contribution >= 4 is 39.6 Å². The molecule has 4 rings (SSSR count). The Morgan fingerprint density at radius 2 is 1.75 bits per heavy atom. The average molecular weight is 472 g/mol. The summed E-state index contributed by atoms with van der Waals surface area (Å²) in [5.74, 6) is -0.403. The Morgan fingerprint density at radius 1 is 1.06 bits per heavy atom. The zero-order valence-electron chi connectivity index (χ0n) is 18.2. The third-order valence-electron chi connectivity index (χ3n) is 5.12. The smallest absolute Gasteiger partial charge is 0.289 e. The van der Waals surface area contributed by atoms with Crippen LogP contribution in [0.5, 0.6) is 0 Å². The first kappa shape index (κ1) is 22.4. The van der Waals surface area contributed by atoms with Gasteiger partial charge in [0.25, 0.3) is 11.8 Å². The molecule has 32 heavy (non-hydrogen) atoms. The van der Waals surface area contributed by atoms with E-state index in [1.54, 1.807) is 12.3 Å². The normalized spacial score (nSPS) is 13.9. The molecule has 0 unspecified atom stereocenters. The van der Waals surface area contributed by atoms with Crippen molar-refractivity contribution in [1.82, 2.24) is 20.8 Å². The number of nitrogens with one attached hydrogen (secondary N) is 2. The molecule has 168 valence electrons. The van der Waals surface area contributed by atoms with Gasteiger partial charge >= 0.3 is 0 Å². The fourth-order valence-corrected chi connectivity index (χ4v) is 5.06. The Morgan fingerprint density at radius 3 is 2.44 bits per heavy atom. The summed E-state index contributed by atoms with van der Waals surface area (Å²) in [5, 5.41) is 3.22. The van der Waals surface area contributed by atoms with Gasteiger partial charge in [0.2, 0.25) is 0 Å². The molecule has 2 aromatic heterocycles. The number of anilines is 1. The minimum atomic E-state index is -0.463. The van der Waals surface area contributed by atoms with Gasteiger partial charge < -0.3 is 9.64 Å². The van der Waals surface area contributed by atoms with Gasteiger partial charge in [-0.1, -0.05) is 49.4 Å². The number of nitrogens with zero attached hydrogens (tertiary/aromatic N) is 3. The van der Waals surface area contributed by atoms with E-state index in [9.17, 15) is 9.59 Å². The Hall–Kier alpha value is -2.82. The van der Waals surface area contributed by atoms with Crippen LogP contribution in [0.3, 0.4) is 0 Å². The van der Waals surface area contributed by atoms with Gasteiger partial charge in [0, 0.05) is 24.0 Å². The molecule has 0 aliphatic carbocycles. The van der Waals surface area contributed by atoms with Crippen LogP contribution < -0.4 is 15.8 Å². The monoisotopic (exact) mass is 471 g/mol. The van der Waals surface area contributed by atoms with Crippen molar-refractivity contribution in [3.05, 3.63) is 51.5 Å². The summed E-state index contributed by atoms with van der Waals surface area (Å²) >= 11 is 2.70. The molecule has 2 amide bonds. The van der Waals surface area contributed by atoms with E-state index in [1.807, 2.05) is 12.1 Å². The molecule has 1 saturated heterocycles. The minimum Gasteiger partial charge on any atom is -0.378 e. The Bertz CT molecular complexity index is 1100. The summed E-state index contributed by atoms with van der Waals surface area (Å²) in [5.41, 5.74) is 8.02. The third-order valence-corrected chi connectivity index (χ3v) is 7.23. The Labute approximate surface area is 194 Å². The van der Waals surface area contributed by atoms with E-state index < -0.39 is 11.8 Å². The van der Waals surface area contributed by atoms with Crippen molar-refractivity contribution in [2.75, 3.05) is 31.2 Å². The lowest BCUT2D eigenvalue weighted by molar-refractivity contribution is 0.0846. The van der Waals surface area contributed by atoms with Crippen molar-refractivity contribution in [3.63, 3.8) is 0 Å². The molecular formula is C22H25N5O3S2. The van der Waals surface area contributed by atoms with Gasteiger partial charge in [0.1, 0.15) is 15.6 Å². The zero-order chi connectivity index (χ0) is 22.7. The lowest BCUT2D eigenvalue weighted by Crippen LogP contribution is -2.41. The van der Waals surface area contributed by atoms with Gasteiger partial charge in [-0.3, -0.25) is 20.4 Å². The maximum absolute atomic E-state index is 12.6. The summed E-state index contributed by atoms with van der Waals surface area (Å²) in [6, 6.07) is 8.17. The van der Waals surface area contributed by atoms with Crippen molar-refractivity contribution in [3.8, 4) is 10.6 Å². The summed E-state index contributed by atoms with van der Waals surface area (Å²) in [7, 11) is 0.